The molecule has 0 aliphatic rings. The molecule has 6 heteroatoms. The van der Waals surface area contributed by atoms with E-state index in [1.165, 1.54) is 0 Å². The van der Waals surface area contributed by atoms with Crippen LogP contribution in [0.1, 0.15) is 32.0 Å². The molecule has 0 aliphatic carbocycles. The summed E-state index contributed by atoms with van der Waals surface area (Å²) >= 11 is 0. The van der Waals surface area contributed by atoms with Crippen molar-refractivity contribution in [1.29, 1.82) is 0 Å². The van der Waals surface area contributed by atoms with E-state index in [4.69, 9.17) is 14.6 Å². The highest BCUT2D eigenvalue weighted by molar-refractivity contribution is 5.47. The van der Waals surface area contributed by atoms with Crippen LogP contribution in [0.15, 0.2) is 54.6 Å². The largest absolute Gasteiger partial charge is 0.493 e. The molecule has 1 heterocycles. The van der Waals surface area contributed by atoms with E-state index in [9.17, 15) is 5.11 Å². The number of aliphatic hydroxyl groups excluding tert-OH is 1. The van der Waals surface area contributed by atoms with Gasteiger partial charge in [0.05, 0.1) is 30.2 Å². The van der Waals surface area contributed by atoms with Crippen LogP contribution >= 0.6 is 0 Å². The number of para-hydroxylation sites is 3. The highest BCUT2D eigenvalue weighted by Gasteiger charge is 2.23. The first-order valence-corrected chi connectivity index (χ1v) is 10.7. The lowest BCUT2D eigenvalue weighted by molar-refractivity contribution is 0.114. The Bertz CT molecular complexity index is 957. The maximum Gasteiger partial charge on any atom is 0.227 e. The van der Waals surface area contributed by atoms with Crippen LogP contribution in [0.2, 0.25) is 0 Å². The molecule has 2 aromatic carbocycles. The van der Waals surface area contributed by atoms with E-state index in [1.807, 2.05) is 73.1 Å². The second-order valence-corrected chi connectivity index (χ2v) is 8.31. The van der Waals surface area contributed by atoms with Crippen molar-refractivity contribution in [1.82, 2.24) is 14.7 Å². The lowest BCUT2D eigenvalue weighted by Gasteiger charge is -2.26. The van der Waals surface area contributed by atoms with Crippen molar-refractivity contribution in [3.63, 3.8) is 0 Å². The summed E-state index contributed by atoms with van der Waals surface area (Å²) in [6, 6.07) is 17.6. The Balaban J connectivity index is 2.06. The van der Waals surface area contributed by atoms with Crippen molar-refractivity contribution in [2.75, 3.05) is 20.2 Å². The van der Waals surface area contributed by atoms with Crippen LogP contribution in [-0.2, 0) is 6.54 Å². The first-order valence-electron chi connectivity index (χ1n) is 10.7. The smallest absolute Gasteiger partial charge is 0.227 e. The lowest BCUT2D eigenvalue weighted by atomic mass is 10.1. The minimum absolute atomic E-state index is 0.415. The number of aromatic nitrogens is 2. The Morgan fingerprint density at radius 1 is 0.968 bits per heavy atom. The standard InChI is InChI=1S/C25H33N3O3/c1-18(2)15-27(16-19(3)29)17-22-20(4)26-28(21-11-7-6-8-12-21)25(22)31-24-14-10-9-13-23(24)30-5/h6-14,18-19,29H,15-17H2,1-5H3/t19-/m0/s1. The lowest BCUT2D eigenvalue weighted by Crippen LogP contribution is -2.33. The van der Waals surface area contributed by atoms with Crippen LogP contribution in [0.25, 0.3) is 5.69 Å². The van der Waals surface area contributed by atoms with E-state index in [1.54, 1.807) is 7.11 Å². The monoisotopic (exact) mass is 423 g/mol. The quantitative estimate of drug-likeness (QED) is 0.507. The molecule has 31 heavy (non-hydrogen) atoms. The molecule has 6 nitrogen and oxygen atoms in total. The third kappa shape index (κ3) is 5.87. The average molecular weight is 424 g/mol. The Kier molecular flexibility index (Phi) is 7.71. The molecule has 0 radical (unpaired) electrons. The minimum atomic E-state index is -0.415. The number of benzene rings is 2. The van der Waals surface area contributed by atoms with Gasteiger partial charge in [-0.05, 0) is 44.0 Å². The van der Waals surface area contributed by atoms with E-state index < -0.39 is 6.10 Å². The Morgan fingerprint density at radius 2 is 1.61 bits per heavy atom. The summed E-state index contributed by atoms with van der Waals surface area (Å²) in [6.45, 7) is 10.3. The number of nitrogens with zero attached hydrogens (tertiary/aromatic N) is 3. The van der Waals surface area contributed by atoms with Crippen LogP contribution in [0.3, 0.4) is 0 Å². The van der Waals surface area contributed by atoms with Crippen molar-refractivity contribution in [3.8, 4) is 23.1 Å². The summed E-state index contributed by atoms with van der Waals surface area (Å²) in [4.78, 5) is 2.25. The molecular formula is C25H33N3O3. The first-order chi connectivity index (χ1) is 14.9. The topological polar surface area (TPSA) is 59.8 Å². The average Bonchev–Trinajstić information content (AvgIpc) is 3.03. The summed E-state index contributed by atoms with van der Waals surface area (Å²) in [5, 5.41) is 14.8. The van der Waals surface area contributed by atoms with Crippen LogP contribution < -0.4 is 9.47 Å². The van der Waals surface area contributed by atoms with Gasteiger partial charge in [-0.2, -0.15) is 5.10 Å². The van der Waals surface area contributed by atoms with Crippen LogP contribution in [0.5, 0.6) is 17.4 Å². The fourth-order valence-corrected chi connectivity index (χ4v) is 3.69. The summed E-state index contributed by atoms with van der Waals surface area (Å²) in [5.41, 5.74) is 2.82. The number of hydrogen-bond acceptors (Lipinski definition) is 5. The zero-order valence-corrected chi connectivity index (χ0v) is 19.1. The molecule has 0 saturated heterocycles. The molecular weight excluding hydrogens is 390 g/mol. The normalized spacial score (nSPS) is 12.4. The highest BCUT2D eigenvalue weighted by atomic mass is 16.5. The molecule has 3 rings (SSSR count). The maximum absolute atomic E-state index is 10.0. The van der Waals surface area contributed by atoms with Crippen molar-refractivity contribution < 1.29 is 14.6 Å². The fraction of sp³-hybridized carbons (Fsp3) is 0.400. The second kappa shape index (κ2) is 10.5. The number of ether oxygens (including phenoxy) is 2. The summed E-state index contributed by atoms with van der Waals surface area (Å²) in [5.74, 6) is 2.43. The van der Waals surface area contributed by atoms with Crippen molar-refractivity contribution in [2.45, 2.75) is 40.3 Å². The minimum Gasteiger partial charge on any atom is -0.493 e. The van der Waals surface area contributed by atoms with E-state index >= 15 is 0 Å². The van der Waals surface area contributed by atoms with Gasteiger partial charge in [0, 0.05) is 19.6 Å². The van der Waals surface area contributed by atoms with Gasteiger partial charge in [0.25, 0.3) is 0 Å². The Hall–Kier alpha value is -2.83. The van der Waals surface area contributed by atoms with Gasteiger partial charge in [0.2, 0.25) is 5.88 Å². The number of hydrogen-bond donors (Lipinski definition) is 1. The molecule has 0 saturated carbocycles. The molecule has 0 bridgehead atoms. The third-order valence-electron chi connectivity index (χ3n) is 4.94. The number of aryl methyl sites for hydroxylation is 1. The van der Waals surface area contributed by atoms with Gasteiger partial charge in [0.1, 0.15) is 0 Å². The molecule has 1 aromatic heterocycles. The van der Waals surface area contributed by atoms with Gasteiger partial charge in [0.15, 0.2) is 11.5 Å². The van der Waals surface area contributed by atoms with Crippen molar-refractivity contribution in [2.24, 2.45) is 5.92 Å². The fourth-order valence-electron chi connectivity index (χ4n) is 3.69. The first kappa shape index (κ1) is 22.8. The van der Waals surface area contributed by atoms with E-state index in [2.05, 4.69) is 18.7 Å². The van der Waals surface area contributed by atoms with Gasteiger partial charge in [-0.3, -0.25) is 4.90 Å². The summed E-state index contributed by atoms with van der Waals surface area (Å²) in [6.07, 6.45) is -0.415. The summed E-state index contributed by atoms with van der Waals surface area (Å²) < 4.78 is 13.8. The van der Waals surface area contributed by atoms with Gasteiger partial charge < -0.3 is 14.6 Å². The highest BCUT2D eigenvalue weighted by Crippen LogP contribution is 2.36. The predicted molar refractivity (Wildman–Crippen MR) is 123 cm³/mol. The zero-order chi connectivity index (χ0) is 22.4. The second-order valence-electron chi connectivity index (χ2n) is 8.31. The van der Waals surface area contributed by atoms with Crippen molar-refractivity contribution in [3.05, 3.63) is 65.9 Å². The third-order valence-corrected chi connectivity index (χ3v) is 4.94. The van der Waals surface area contributed by atoms with E-state index in [0.717, 1.165) is 23.5 Å². The number of aliphatic hydroxyl groups is 1. The van der Waals surface area contributed by atoms with E-state index in [-0.39, 0.29) is 0 Å². The molecule has 0 unspecified atom stereocenters. The van der Waals surface area contributed by atoms with Gasteiger partial charge >= 0.3 is 0 Å². The predicted octanol–water partition coefficient (Wildman–Crippen LogP) is 4.82. The molecule has 0 amide bonds. The zero-order valence-electron chi connectivity index (χ0n) is 19.1. The van der Waals surface area contributed by atoms with Crippen LogP contribution in [0, 0.1) is 12.8 Å². The van der Waals surface area contributed by atoms with Gasteiger partial charge in [-0.1, -0.05) is 44.2 Å². The maximum atomic E-state index is 10.0. The van der Waals surface area contributed by atoms with Crippen molar-refractivity contribution >= 4 is 0 Å². The number of rotatable bonds is 10. The van der Waals surface area contributed by atoms with Crippen LogP contribution in [0.4, 0.5) is 0 Å². The molecule has 1 N–H and O–H groups in total. The number of methoxy groups -OCH3 is 1. The van der Waals surface area contributed by atoms with Gasteiger partial charge in [-0.15, -0.1) is 0 Å². The molecule has 3 aromatic rings. The molecule has 0 fully saturated rings. The molecule has 1 atom stereocenters. The van der Waals surface area contributed by atoms with Gasteiger partial charge in [-0.25, -0.2) is 4.68 Å². The Labute approximate surface area is 185 Å². The van der Waals surface area contributed by atoms with E-state index in [0.29, 0.717) is 36.4 Å². The Morgan fingerprint density at radius 3 is 2.23 bits per heavy atom. The molecule has 166 valence electrons. The molecule has 0 aliphatic heterocycles. The summed E-state index contributed by atoms with van der Waals surface area (Å²) in [7, 11) is 1.63. The van der Waals surface area contributed by atoms with Crippen LogP contribution in [-0.4, -0.2) is 46.1 Å². The SMILES string of the molecule is COc1ccccc1Oc1c(CN(CC(C)C)C[C@H](C)O)c(C)nn1-c1ccccc1. The molecule has 0 spiro atoms.